The fourth-order valence-corrected chi connectivity index (χ4v) is 2.63. The van der Waals surface area contributed by atoms with Gasteiger partial charge in [0, 0.05) is 24.0 Å². The Morgan fingerprint density at radius 1 is 1.53 bits per heavy atom. The largest absolute Gasteiger partial charge is 0.369 e. The second kappa shape index (κ2) is 6.28. The van der Waals surface area contributed by atoms with Crippen molar-refractivity contribution in [1.29, 1.82) is 0 Å². The highest BCUT2D eigenvalue weighted by atomic mass is 32.2. The SMILES string of the molecule is CCCNc1ncccc1C(=O)NCC1(SC)CC1. The van der Waals surface area contributed by atoms with Crippen molar-refractivity contribution >= 4 is 23.5 Å². The monoisotopic (exact) mass is 279 g/mol. The predicted molar refractivity (Wildman–Crippen MR) is 80.8 cm³/mol. The molecule has 1 aromatic rings. The van der Waals surface area contributed by atoms with Gasteiger partial charge in [-0.1, -0.05) is 6.92 Å². The molecular formula is C14H21N3OS. The zero-order valence-electron chi connectivity index (χ0n) is 11.5. The van der Waals surface area contributed by atoms with Crippen LogP contribution in [0.1, 0.15) is 36.5 Å². The van der Waals surface area contributed by atoms with E-state index in [-0.39, 0.29) is 10.7 Å². The van der Waals surface area contributed by atoms with E-state index in [2.05, 4.69) is 28.8 Å². The summed E-state index contributed by atoms with van der Waals surface area (Å²) in [6.45, 7) is 3.66. The molecule has 0 unspecified atom stereocenters. The molecule has 0 radical (unpaired) electrons. The third-order valence-electron chi connectivity index (χ3n) is 3.41. The number of hydrogen-bond donors (Lipinski definition) is 2. The number of hydrogen-bond acceptors (Lipinski definition) is 4. The number of carbonyl (C=O) groups is 1. The fraction of sp³-hybridized carbons (Fsp3) is 0.571. The maximum Gasteiger partial charge on any atom is 0.255 e. The Balaban J connectivity index is 1.98. The van der Waals surface area contributed by atoms with Crippen LogP contribution in [-0.2, 0) is 0 Å². The lowest BCUT2D eigenvalue weighted by molar-refractivity contribution is 0.0953. The molecule has 1 heterocycles. The molecule has 1 fully saturated rings. The lowest BCUT2D eigenvalue weighted by atomic mass is 10.2. The van der Waals surface area contributed by atoms with Crippen LogP contribution in [-0.4, -0.2) is 35.0 Å². The van der Waals surface area contributed by atoms with Crippen LogP contribution < -0.4 is 10.6 Å². The van der Waals surface area contributed by atoms with Gasteiger partial charge < -0.3 is 10.6 Å². The maximum atomic E-state index is 12.2. The molecule has 2 rings (SSSR count). The standard InChI is InChI=1S/C14H21N3OS/c1-3-8-15-12-11(5-4-9-16-12)13(18)17-10-14(19-2)6-7-14/h4-5,9H,3,6-8,10H2,1-2H3,(H,15,16)(H,17,18). The first-order valence-corrected chi connectivity index (χ1v) is 7.95. The third-order valence-corrected chi connectivity index (χ3v) is 4.83. The molecule has 5 heteroatoms. The second-order valence-corrected chi connectivity index (χ2v) is 6.17. The van der Waals surface area contributed by atoms with Gasteiger partial charge in [-0.2, -0.15) is 11.8 Å². The molecule has 1 aliphatic carbocycles. The number of nitrogens with zero attached hydrogens (tertiary/aromatic N) is 1. The first-order chi connectivity index (χ1) is 9.21. The Kier molecular flexibility index (Phi) is 4.69. The maximum absolute atomic E-state index is 12.2. The van der Waals surface area contributed by atoms with E-state index in [1.165, 1.54) is 12.8 Å². The number of pyridine rings is 1. The molecule has 1 aliphatic rings. The molecule has 0 atom stereocenters. The van der Waals surface area contributed by atoms with E-state index in [4.69, 9.17) is 0 Å². The molecule has 19 heavy (non-hydrogen) atoms. The van der Waals surface area contributed by atoms with Crippen LogP contribution in [0.3, 0.4) is 0 Å². The number of anilines is 1. The van der Waals surface area contributed by atoms with E-state index in [1.807, 2.05) is 17.8 Å². The van der Waals surface area contributed by atoms with Crippen LogP contribution in [0, 0.1) is 0 Å². The van der Waals surface area contributed by atoms with Gasteiger partial charge in [-0.15, -0.1) is 0 Å². The van der Waals surface area contributed by atoms with Crippen LogP contribution in [0.2, 0.25) is 0 Å². The van der Waals surface area contributed by atoms with Crippen LogP contribution in [0.5, 0.6) is 0 Å². The molecule has 1 saturated carbocycles. The molecule has 104 valence electrons. The Morgan fingerprint density at radius 2 is 2.32 bits per heavy atom. The van der Waals surface area contributed by atoms with Crippen LogP contribution in [0.4, 0.5) is 5.82 Å². The molecule has 1 amide bonds. The number of nitrogens with one attached hydrogen (secondary N) is 2. The van der Waals surface area contributed by atoms with Crippen LogP contribution in [0.25, 0.3) is 0 Å². The van der Waals surface area contributed by atoms with Crippen molar-refractivity contribution in [3.05, 3.63) is 23.9 Å². The van der Waals surface area contributed by atoms with Crippen molar-refractivity contribution in [3.8, 4) is 0 Å². The van der Waals surface area contributed by atoms with Crippen molar-refractivity contribution in [2.24, 2.45) is 0 Å². The molecular weight excluding hydrogens is 258 g/mol. The molecule has 0 aliphatic heterocycles. The highest BCUT2D eigenvalue weighted by Gasteiger charge is 2.42. The molecule has 0 bridgehead atoms. The van der Waals surface area contributed by atoms with Gasteiger partial charge in [0.2, 0.25) is 0 Å². The molecule has 2 N–H and O–H groups in total. The van der Waals surface area contributed by atoms with E-state index >= 15 is 0 Å². The van der Waals surface area contributed by atoms with E-state index in [9.17, 15) is 4.79 Å². The quantitative estimate of drug-likeness (QED) is 0.805. The highest BCUT2D eigenvalue weighted by Crippen LogP contribution is 2.46. The van der Waals surface area contributed by atoms with Crippen LogP contribution >= 0.6 is 11.8 Å². The third kappa shape index (κ3) is 3.62. The summed E-state index contributed by atoms with van der Waals surface area (Å²) in [5.74, 6) is 0.642. The van der Waals surface area contributed by atoms with E-state index in [0.29, 0.717) is 11.4 Å². The molecule has 1 aromatic heterocycles. The Morgan fingerprint density at radius 3 is 2.95 bits per heavy atom. The summed E-state index contributed by atoms with van der Waals surface area (Å²) in [4.78, 5) is 16.5. The molecule has 0 spiro atoms. The first kappa shape index (κ1) is 14.2. The Labute approximate surface area is 118 Å². The van der Waals surface area contributed by atoms with Crippen molar-refractivity contribution in [2.75, 3.05) is 24.7 Å². The van der Waals surface area contributed by atoms with Crippen LogP contribution in [0.15, 0.2) is 18.3 Å². The lowest BCUT2D eigenvalue weighted by Crippen LogP contribution is -2.32. The Bertz CT molecular complexity index is 446. The zero-order chi connectivity index (χ0) is 13.7. The fourth-order valence-electron chi connectivity index (χ4n) is 1.90. The summed E-state index contributed by atoms with van der Waals surface area (Å²) in [7, 11) is 0. The minimum atomic E-state index is -0.0352. The number of thioether (sulfide) groups is 1. The number of amides is 1. The van der Waals surface area contributed by atoms with Gasteiger partial charge in [0.15, 0.2) is 0 Å². The summed E-state index contributed by atoms with van der Waals surface area (Å²) in [6.07, 6.45) is 7.22. The summed E-state index contributed by atoms with van der Waals surface area (Å²) in [5, 5.41) is 6.22. The minimum absolute atomic E-state index is 0.0352. The number of aromatic nitrogens is 1. The second-order valence-electron chi connectivity index (χ2n) is 4.90. The number of rotatable bonds is 7. The van der Waals surface area contributed by atoms with Crippen molar-refractivity contribution in [2.45, 2.75) is 30.9 Å². The van der Waals surface area contributed by atoms with Gasteiger partial charge in [0.25, 0.3) is 5.91 Å². The average molecular weight is 279 g/mol. The highest BCUT2D eigenvalue weighted by molar-refractivity contribution is 8.00. The Hall–Kier alpha value is -1.23. The van der Waals surface area contributed by atoms with Gasteiger partial charge in [-0.25, -0.2) is 4.98 Å². The van der Waals surface area contributed by atoms with Gasteiger partial charge in [-0.05, 0) is 37.7 Å². The molecule has 0 aromatic carbocycles. The molecule has 0 saturated heterocycles. The van der Waals surface area contributed by atoms with E-state index in [0.717, 1.165) is 19.5 Å². The van der Waals surface area contributed by atoms with E-state index < -0.39 is 0 Å². The zero-order valence-corrected chi connectivity index (χ0v) is 12.3. The van der Waals surface area contributed by atoms with Crippen molar-refractivity contribution in [3.63, 3.8) is 0 Å². The smallest absolute Gasteiger partial charge is 0.255 e. The predicted octanol–water partition coefficient (Wildman–Crippen LogP) is 2.53. The molecule has 4 nitrogen and oxygen atoms in total. The van der Waals surface area contributed by atoms with Crippen molar-refractivity contribution in [1.82, 2.24) is 10.3 Å². The minimum Gasteiger partial charge on any atom is -0.369 e. The van der Waals surface area contributed by atoms with Gasteiger partial charge >= 0.3 is 0 Å². The van der Waals surface area contributed by atoms with E-state index in [1.54, 1.807) is 12.3 Å². The first-order valence-electron chi connectivity index (χ1n) is 6.73. The summed E-state index contributed by atoms with van der Waals surface area (Å²) >= 11 is 1.85. The summed E-state index contributed by atoms with van der Waals surface area (Å²) < 4.78 is 0.287. The summed E-state index contributed by atoms with van der Waals surface area (Å²) in [5.41, 5.74) is 0.632. The normalized spacial score (nSPS) is 15.9. The van der Waals surface area contributed by atoms with Gasteiger partial charge in [-0.3, -0.25) is 4.79 Å². The van der Waals surface area contributed by atoms with Gasteiger partial charge in [0.1, 0.15) is 5.82 Å². The summed E-state index contributed by atoms with van der Waals surface area (Å²) in [6, 6.07) is 3.62. The topological polar surface area (TPSA) is 54.0 Å². The van der Waals surface area contributed by atoms with Gasteiger partial charge in [0.05, 0.1) is 5.56 Å². The lowest BCUT2D eigenvalue weighted by Gasteiger charge is -2.14. The van der Waals surface area contributed by atoms with Crippen molar-refractivity contribution < 1.29 is 4.79 Å². The number of carbonyl (C=O) groups excluding carboxylic acids is 1. The average Bonchev–Trinajstić information content (AvgIpc) is 3.23.